The van der Waals surface area contributed by atoms with Crippen LogP contribution in [0, 0.1) is 23.4 Å². The number of hydrogen-bond acceptors (Lipinski definition) is 3. The lowest BCUT2D eigenvalue weighted by Crippen LogP contribution is -2.39. The Morgan fingerprint density at radius 3 is 2.30 bits per heavy atom. The van der Waals surface area contributed by atoms with E-state index in [1.54, 1.807) is 0 Å². The molecule has 1 aliphatic heterocycles. The second kappa shape index (κ2) is 8.00. The van der Waals surface area contributed by atoms with Gasteiger partial charge in [-0.1, -0.05) is 6.07 Å². The van der Waals surface area contributed by atoms with Gasteiger partial charge in [0.2, 0.25) is 0 Å². The van der Waals surface area contributed by atoms with E-state index >= 15 is 0 Å². The van der Waals surface area contributed by atoms with Crippen LogP contribution >= 0.6 is 0 Å². The number of aliphatic carboxylic acids is 1. The molecule has 3 rings (SSSR count). The molecular formula is C20H20F3NO3. The smallest absolute Gasteiger partial charge is 0.306 e. The monoisotopic (exact) mass is 379 g/mol. The molecule has 0 saturated carbocycles. The van der Waals surface area contributed by atoms with E-state index in [1.165, 1.54) is 31.4 Å². The Morgan fingerprint density at radius 1 is 1.07 bits per heavy atom. The van der Waals surface area contributed by atoms with Crippen molar-refractivity contribution >= 4 is 5.97 Å². The van der Waals surface area contributed by atoms with Crippen molar-refractivity contribution in [1.82, 2.24) is 4.90 Å². The molecule has 4 nitrogen and oxygen atoms in total. The molecule has 1 aliphatic rings. The number of hydrogen-bond donors (Lipinski definition) is 1. The van der Waals surface area contributed by atoms with Gasteiger partial charge in [-0.15, -0.1) is 0 Å². The quantitative estimate of drug-likeness (QED) is 0.853. The first kappa shape index (κ1) is 19.2. The molecule has 2 aromatic rings. The Balaban J connectivity index is 2.05. The first-order valence-corrected chi connectivity index (χ1v) is 8.66. The Labute approximate surface area is 155 Å². The molecule has 0 spiro atoms. The van der Waals surface area contributed by atoms with Crippen LogP contribution in [0.25, 0.3) is 0 Å². The summed E-state index contributed by atoms with van der Waals surface area (Å²) in [4.78, 5) is 13.1. The predicted octanol–water partition coefficient (Wildman–Crippen LogP) is 4.00. The third-order valence-corrected chi connectivity index (χ3v) is 4.99. The number of carbonyl (C=O) groups is 1. The van der Waals surface area contributed by atoms with Crippen molar-refractivity contribution < 1.29 is 27.8 Å². The van der Waals surface area contributed by atoms with E-state index in [2.05, 4.69) is 0 Å². The highest BCUT2D eigenvalue weighted by Gasteiger charge is 2.33. The van der Waals surface area contributed by atoms with Crippen LogP contribution in [0.4, 0.5) is 13.2 Å². The van der Waals surface area contributed by atoms with Crippen LogP contribution in [0.1, 0.15) is 30.0 Å². The SMILES string of the molecule is COc1ccc(F)cc1C(c1ccc(F)cc1F)N1CCC(C(=O)O)CC1. The van der Waals surface area contributed by atoms with Crippen molar-refractivity contribution in [2.24, 2.45) is 5.92 Å². The number of ether oxygens (including phenoxy) is 1. The highest BCUT2D eigenvalue weighted by molar-refractivity contribution is 5.70. The number of benzene rings is 2. The molecule has 0 bridgehead atoms. The van der Waals surface area contributed by atoms with Gasteiger partial charge in [-0.2, -0.15) is 0 Å². The standard InChI is InChI=1S/C20H20F3NO3/c1-27-18-5-3-13(21)10-16(18)19(15-4-2-14(22)11-17(15)23)24-8-6-12(7-9-24)20(25)26/h2-5,10-12,19H,6-9H2,1H3,(H,25,26). The van der Waals surface area contributed by atoms with Crippen LogP contribution in [0.15, 0.2) is 36.4 Å². The fraction of sp³-hybridized carbons (Fsp3) is 0.350. The lowest BCUT2D eigenvalue weighted by molar-refractivity contribution is -0.143. The number of methoxy groups -OCH3 is 1. The summed E-state index contributed by atoms with van der Waals surface area (Å²) in [5.41, 5.74) is 0.603. The van der Waals surface area contributed by atoms with Crippen LogP contribution < -0.4 is 4.74 Å². The van der Waals surface area contributed by atoms with E-state index in [0.717, 1.165) is 12.1 Å². The molecule has 0 aromatic heterocycles. The van der Waals surface area contributed by atoms with Gasteiger partial charge >= 0.3 is 5.97 Å². The minimum Gasteiger partial charge on any atom is -0.496 e. The molecule has 7 heteroatoms. The van der Waals surface area contributed by atoms with E-state index < -0.39 is 35.4 Å². The molecule has 1 fully saturated rings. The summed E-state index contributed by atoms with van der Waals surface area (Å²) in [6, 6.07) is 6.55. The Bertz CT molecular complexity index is 835. The average molecular weight is 379 g/mol. The number of halogens is 3. The molecule has 1 N–H and O–H groups in total. The van der Waals surface area contributed by atoms with Crippen molar-refractivity contribution in [2.75, 3.05) is 20.2 Å². The lowest BCUT2D eigenvalue weighted by atomic mass is 9.90. The van der Waals surface area contributed by atoms with Gasteiger partial charge < -0.3 is 9.84 Å². The largest absolute Gasteiger partial charge is 0.496 e. The molecule has 144 valence electrons. The van der Waals surface area contributed by atoms with Gasteiger partial charge in [0, 0.05) is 17.2 Å². The van der Waals surface area contributed by atoms with Gasteiger partial charge in [-0.3, -0.25) is 9.69 Å². The second-order valence-electron chi connectivity index (χ2n) is 6.60. The molecule has 0 amide bonds. The second-order valence-corrected chi connectivity index (χ2v) is 6.60. The fourth-order valence-corrected chi connectivity index (χ4v) is 3.61. The van der Waals surface area contributed by atoms with Gasteiger partial charge in [-0.25, -0.2) is 13.2 Å². The summed E-state index contributed by atoms with van der Waals surface area (Å²) < 4.78 is 47.3. The third kappa shape index (κ3) is 4.08. The number of carboxylic acid groups (broad SMARTS) is 1. The van der Waals surface area contributed by atoms with E-state index in [4.69, 9.17) is 4.74 Å². The van der Waals surface area contributed by atoms with Crippen molar-refractivity contribution in [3.05, 3.63) is 65.0 Å². The van der Waals surface area contributed by atoms with Crippen LogP contribution in [0.2, 0.25) is 0 Å². The highest BCUT2D eigenvalue weighted by atomic mass is 19.1. The van der Waals surface area contributed by atoms with Crippen molar-refractivity contribution in [3.63, 3.8) is 0 Å². The molecule has 0 radical (unpaired) electrons. The molecule has 1 atom stereocenters. The Hall–Kier alpha value is -2.54. The average Bonchev–Trinajstić information content (AvgIpc) is 2.64. The zero-order valence-electron chi connectivity index (χ0n) is 14.8. The maximum absolute atomic E-state index is 14.6. The molecule has 1 heterocycles. The van der Waals surface area contributed by atoms with E-state index in [1.807, 2.05) is 4.90 Å². The summed E-state index contributed by atoms with van der Waals surface area (Å²) in [6.07, 6.45) is 0.790. The minimum absolute atomic E-state index is 0.189. The first-order valence-electron chi connectivity index (χ1n) is 8.66. The Morgan fingerprint density at radius 2 is 1.70 bits per heavy atom. The minimum atomic E-state index is -0.859. The Kier molecular flexibility index (Phi) is 5.70. The fourth-order valence-electron chi connectivity index (χ4n) is 3.61. The van der Waals surface area contributed by atoms with Crippen molar-refractivity contribution in [2.45, 2.75) is 18.9 Å². The lowest BCUT2D eigenvalue weighted by Gasteiger charge is -2.37. The molecule has 2 aromatic carbocycles. The van der Waals surface area contributed by atoms with Crippen molar-refractivity contribution in [3.8, 4) is 5.75 Å². The van der Waals surface area contributed by atoms with Crippen LogP contribution in [-0.4, -0.2) is 36.2 Å². The summed E-state index contributed by atoms with van der Waals surface area (Å²) >= 11 is 0. The van der Waals surface area contributed by atoms with Crippen molar-refractivity contribution in [1.29, 1.82) is 0 Å². The normalized spacial score (nSPS) is 16.9. The maximum atomic E-state index is 14.6. The van der Waals surface area contributed by atoms with Gasteiger partial charge in [-0.05, 0) is 50.2 Å². The first-order chi connectivity index (χ1) is 12.9. The van der Waals surface area contributed by atoms with E-state index in [0.29, 0.717) is 37.2 Å². The predicted molar refractivity (Wildman–Crippen MR) is 93.1 cm³/mol. The van der Waals surface area contributed by atoms with Gasteiger partial charge in [0.25, 0.3) is 0 Å². The van der Waals surface area contributed by atoms with E-state index in [-0.39, 0.29) is 5.56 Å². The molecule has 1 unspecified atom stereocenters. The molecule has 0 aliphatic carbocycles. The summed E-state index contributed by atoms with van der Waals surface area (Å²) in [6.45, 7) is 0.774. The molecule has 27 heavy (non-hydrogen) atoms. The zero-order valence-corrected chi connectivity index (χ0v) is 14.8. The van der Waals surface area contributed by atoms with Crippen LogP contribution in [-0.2, 0) is 4.79 Å². The number of nitrogens with zero attached hydrogens (tertiary/aromatic N) is 1. The van der Waals surface area contributed by atoms with Gasteiger partial charge in [0.15, 0.2) is 0 Å². The van der Waals surface area contributed by atoms with Crippen LogP contribution in [0.5, 0.6) is 5.75 Å². The zero-order chi connectivity index (χ0) is 19.6. The molecular weight excluding hydrogens is 359 g/mol. The third-order valence-electron chi connectivity index (χ3n) is 4.99. The summed E-state index contributed by atoms with van der Waals surface area (Å²) in [5.74, 6) is -2.89. The number of piperidine rings is 1. The molecule has 1 saturated heterocycles. The highest BCUT2D eigenvalue weighted by Crippen LogP contribution is 2.38. The van der Waals surface area contributed by atoms with Gasteiger partial charge in [0.1, 0.15) is 23.2 Å². The summed E-state index contributed by atoms with van der Waals surface area (Å²) in [7, 11) is 1.44. The van der Waals surface area contributed by atoms with Crippen LogP contribution in [0.3, 0.4) is 0 Å². The summed E-state index contributed by atoms with van der Waals surface area (Å²) in [5, 5.41) is 9.20. The number of likely N-dealkylation sites (tertiary alicyclic amines) is 1. The topological polar surface area (TPSA) is 49.8 Å². The number of rotatable bonds is 5. The van der Waals surface area contributed by atoms with Gasteiger partial charge in [0.05, 0.1) is 19.1 Å². The van der Waals surface area contributed by atoms with E-state index in [9.17, 15) is 23.1 Å². The maximum Gasteiger partial charge on any atom is 0.306 e. The number of carboxylic acids is 1.